The molecule has 0 aliphatic rings. The molecule has 0 nitrogen and oxygen atoms in total. The van der Waals surface area contributed by atoms with E-state index in [9.17, 15) is 0 Å². The molecule has 1 atom stereocenters. The van der Waals surface area contributed by atoms with Crippen LogP contribution in [0, 0.1) is 0 Å². The van der Waals surface area contributed by atoms with Gasteiger partial charge in [-0.05, 0) is 18.6 Å². The van der Waals surface area contributed by atoms with E-state index in [1.807, 2.05) is 0 Å². The molecule has 0 aliphatic carbocycles. The van der Waals surface area contributed by atoms with Gasteiger partial charge in [0.15, 0.2) is 4.90 Å². The molecule has 0 aromatic heterocycles. The predicted molar refractivity (Wildman–Crippen MR) is 53.2 cm³/mol. The Labute approximate surface area is 72.0 Å². The maximum atomic E-state index is 2.32. The highest BCUT2D eigenvalue weighted by Gasteiger charge is 2.11. The fourth-order valence-corrected chi connectivity index (χ4v) is 2.55. The fourth-order valence-electron chi connectivity index (χ4n) is 1.08. The molecule has 0 heterocycles. The van der Waals surface area contributed by atoms with Crippen LogP contribution in [0.25, 0.3) is 0 Å². The number of benzene rings is 1. The third kappa shape index (κ3) is 2.58. The van der Waals surface area contributed by atoms with E-state index in [0.29, 0.717) is 10.9 Å². The second-order valence-electron chi connectivity index (χ2n) is 2.65. The predicted octanol–water partition coefficient (Wildman–Crippen LogP) is 2.70. The molecule has 0 aliphatic heterocycles. The van der Waals surface area contributed by atoms with E-state index < -0.39 is 0 Å². The van der Waals surface area contributed by atoms with Crippen molar-refractivity contribution in [1.29, 1.82) is 0 Å². The summed E-state index contributed by atoms with van der Waals surface area (Å²) in [6.45, 7) is 2.24. The minimum atomic E-state index is 0.467. The van der Waals surface area contributed by atoms with Gasteiger partial charge in [-0.3, -0.25) is 0 Å². The summed E-state index contributed by atoms with van der Waals surface area (Å²) < 4.78 is 0. The first-order valence-electron chi connectivity index (χ1n) is 4.02. The smallest absolute Gasteiger partial charge is 0.0619 e. The molecule has 11 heavy (non-hydrogen) atoms. The molecule has 0 fully saturated rings. The molecule has 1 heteroatoms. The fraction of sp³-hybridized carbons (Fsp3) is 0.400. The lowest BCUT2D eigenvalue weighted by Gasteiger charge is -1.99. The monoisotopic (exact) mass is 167 g/mol. The summed E-state index contributed by atoms with van der Waals surface area (Å²) in [5.41, 5.74) is 0. The van der Waals surface area contributed by atoms with Gasteiger partial charge in [0.2, 0.25) is 0 Å². The third-order valence-electron chi connectivity index (χ3n) is 1.66. The van der Waals surface area contributed by atoms with E-state index in [1.165, 1.54) is 17.1 Å². The summed E-state index contributed by atoms with van der Waals surface area (Å²) >= 11 is 0. The summed E-state index contributed by atoms with van der Waals surface area (Å²) in [4.78, 5) is 1.49. The van der Waals surface area contributed by atoms with Gasteiger partial charge in [-0.25, -0.2) is 0 Å². The van der Waals surface area contributed by atoms with Gasteiger partial charge in [-0.1, -0.05) is 25.1 Å². The first kappa shape index (κ1) is 8.66. The Morgan fingerprint density at radius 1 is 1.18 bits per heavy atom. The second-order valence-corrected chi connectivity index (χ2v) is 4.81. The molecule has 1 unspecified atom stereocenters. The van der Waals surface area contributed by atoms with Crippen molar-refractivity contribution in [2.45, 2.75) is 18.2 Å². The van der Waals surface area contributed by atoms with Gasteiger partial charge in [0.05, 0.1) is 0 Å². The largest absolute Gasteiger partial charge is 0.154 e. The first-order valence-corrected chi connectivity index (χ1v) is 5.82. The molecule has 1 aromatic rings. The van der Waals surface area contributed by atoms with Gasteiger partial charge >= 0.3 is 0 Å². The van der Waals surface area contributed by atoms with Crippen molar-refractivity contribution in [3.63, 3.8) is 0 Å². The van der Waals surface area contributed by atoms with E-state index in [-0.39, 0.29) is 0 Å². The molecule has 1 rings (SSSR count). The summed E-state index contributed by atoms with van der Waals surface area (Å²) in [6.07, 6.45) is 3.60. The van der Waals surface area contributed by atoms with E-state index >= 15 is 0 Å². The van der Waals surface area contributed by atoms with Crippen LogP contribution in [0.4, 0.5) is 0 Å². The van der Waals surface area contributed by atoms with Crippen molar-refractivity contribution in [2.24, 2.45) is 0 Å². The van der Waals surface area contributed by atoms with Crippen molar-refractivity contribution in [2.75, 3.05) is 12.0 Å². The zero-order valence-electron chi connectivity index (χ0n) is 7.21. The first-order chi connectivity index (χ1) is 5.34. The standard InChI is InChI=1S/C10H15S/c1-3-9-11(2)10-7-5-4-6-8-10/h4-8H,3,9H2,1-2H3/q+1. The molecular formula is C10H15S+. The highest BCUT2D eigenvalue weighted by Crippen LogP contribution is 2.10. The molecular weight excluding hydrogens is 152 g/mol. The molecule has 0 bridgehead atoms. The number of hydrogen-bond acceptors (Lipinski definition) is 0. The topological polar surface area (TPSA) is 0 Å². The van der Waals surface area contributed by atoms with Crippen molar-refractivity contribution >= 4 is 10.9 Å². The molecule has 0 N–H and O–H groups in total. The molecule has 0 spiro atoms. The van der Waals surface area contributed by atoms with Crippen LogP contribution in [0.1, 0.15) is 13.3 Å². The van der Waals surface area contributed by atoms with Crippen LogP contribution in [-0.4, -0.2) is 12.0 Å². The summed E-state index contributed by atoms with van der Waals surface area (Å²) in [5.74, 6) is 1.32. The van der Waals surface area contributed by atoms with Crippen molar-refractivity contribution < 1.29 is 0 Å². The zero-order valence-corrected chi connectivity index (χ0v) is 8.03. The Morgan fingerprint density at radius 3 is 2.36 bits per heavy atom. The number of rotatable bonds is 3. The van der Waals surface area contributed by atoms with Crippen LogP contribution >= 0.6 is 0 Å². The van der Waals surface area contributed by atoms with Gasteiger partial charge in [-0.2, -0.15) is 0 Å². The van der Waals surface area contributed by atoms with Crippen LogP contribution in [-0.2, 0) is 10.9 Å². The maximum Gasteiger partial charge on any atom is 0.154 e. The van der Waals surface area contributed by atoms with Gasteiger partial charge < -0.3 is 0 Å². The minimum absolute atomic E-state index is 0.467. The van der Waals surface area contributed by atoms with Crippen LogP contribution in [0.3, 0.4) is 0 Å². The highest BCUT2D eigenvalue weighted by atomic mass is 32.2. The highest BCUT2D eigenvalue weighted by molar-refractivity contribution is 7.96. The lowest BCUT2D eigenvalue weighted by Crippen LogP contribution is -2.03. The van der Waals surface area contributed by atoms with Crippen LogP contribution < -0.4 is 0 Å². The van der Waals surface area contributed by atoms with Gasteiger partial charge in [0.1, 0.15) is 12.0 Å². The average Bonchev–Trinajstić information content (AvgIpc) is 2.07. The van der Waals surface area contributed by atoms with Gasteiger partial charge in [-0.15, -0.1) is 0 Å². The third-order valence-corrected chi connectivity index (χ3v) is 3.75. The normalized spacial score (nSPS) is 12.9. The Balaban J connectivity index is 2.61. The van der Waals surface area contributed by atoms with Gasteiger partial charge in [0.25, 0.3) is 0 Å². The van der Waals surface area contributed by atoms with Crippen molar-refractivity contribution in [3.05, 3.63) is 30.3 Å². The summed E-state index contributed by atoms with van der Waals surface area (Å²) in [7, 11) is 0.467. The Morgan fingerprint density at radius 2 is 1.82 bits per heavy atom. The Bertz CT molecular complexity index is 193. The van der Waals surface area contributed by atoms with Gasteiger partial charge in [0, 0.05) is 10.9 Å². The molecule has 0 radical (unpaired) electrons. The van der Waals surface area contributed by atoms with E-state index in [2.05, 4.69) is 43.5 Å². The summed E-state index contributed by atoms with van der Waals surface area (Å²) in [6, 6.07) is 10.8. The molecule has 0 amide bonds. The lowest BCUT2D eigenvalue weighted by atomic mass is 10.4. The van der Waals surface area contributed by atoms with Crippen molar-refractivity contribution in [1.82, 2.24) is 0 Å². The minimum Gasteiger partial charge on any atom is -0.0619 e. The van der Waals surface area contributed by atoms with E-state index in [1.54, 1.807) is 0 Å². The Kier molecular flexibility index (Phi) is 3.50. The SMILES string of the molecule is CCC[S+](C)c1ccccc1. The average molecular weight is 167 g/mol. The van der Waals surface area contributed by atoms with Crippen LogP contribution in [0.15, 0.2) is 35.2 Å². The molecule has 0 saturated carbocycles. The van der Waals surface area contributed by atoms with E-state index in [4.69, 9.17) is 0 Å². The summed E-state index contributed by atoms with van der Waals surface area (Å²) in [5, 5.41) is 0. The maximum absolute atomic E-state index is 2.32. The number of hydrogen-bond donors (Lipinski definition) is 0. The second kappa shape index (κ2) is 4.45. The molecule has 1 aromatic carbocycles. The van der Waals surface area contributed by atoms with E-state index in [0.717, 1.165) is 0 Å². The zero-order chi connectivity index (χ0) is 8.10. The van der Waals surface area contributed by atoms with Crippen molar-refractivity contribution in [3.8, 4) is 0 Å². The quantitative estimate of drug-likeness (QED) is 0.607. The lowest BCUT2D eigenvalue weighted by molar-refractivity contribution is 1.10. The van der Waals surface area contributed by atoms with Crippen LogP contribution in [0.2, 0.25) is 0 Å². The molecule has 0 saturated heterocycles. The van der Waals surface area contributed by atoms with Crippen LogP contribution in [0.5, 0.6) is 0 Å². The Hall–Kier alpha value is -0.430. The molecule has 60 valence electrons.